The Morgan fingerprint density at radius 2 is 2.11 bits per heavy atom. The molecule has 0 aliphatic rings. The normalized spacial score (nSPS) is 13.2. The number of ether oxygens (including phenoxy) is 1. The van der Waals surface area contributed by atoms with E-state index in [0.717, 1.165) is 25.0 Å². The van der Waals surface area contributed by atoms with Crippen LogP contribution in [0.1, 0.15) is 32.3 Å². The number of rotatable bonds is 5. The fourth-order valence-electron chi connectivity index (χ4n) is 1.47. The van der Waals surface area contributed by atoms with E-state index in [9.17, 15) is 13.2 Å². The minimum absolute atomic E-state index is 0.0801. The van der Waals surface area contributed by atoms with Crippen molar-refractivity contribution in [3.63, 3.8) is 0 Å². The van der Waals surface area contributed by atoms with Gasteiger partial charge in [-0.3, -0.25) is 0 Å². The molecule has 0 saturated heterocycles. The smallest absolute Gasteiger partial charge is 0.416 e. The van der Waals surface area contributed by atoms with Crippen LogP contribution < -0.4 is 16.0 Å². The highest BCUT2D eigenvalue weighted by Crippen LogP contribution is 2.32. The largest absolute Gasteiger partial charge is 0.475 e. The number of alkyl halides is 3. The molecule has 1 aromatic rings. The van der Waals surface area contributed by atoms with Gasteiger partial charge in [0.05, 0.1) is 11.7 Å². The van der Waals surface area contributed by atoms with Gasteiger partial charge in [0.25, 0.3) is 0 Å². The molecule has 0 radical (unpaired) electrons. The van der Waals surface area contributed by atoms with Crippen molar-refractivity contribution in [2.75, 3.05) is 5.43 Å². The van der Waals surface area contributed by atoms with Crippen molar-refractivity contribution in [1.29, 1.82) is 0 Å². The summed E-state index contributed by atoms with van der Waals surface area (Å²) in [6, 6.07) is 1.70. The van der Waals surface area contributed by atoms with Crippen molar-refractivity contribution in [2.24, 2.45) is 5.84 Å². The quantitative estimate of drug-likeness (QED) is 0.633. The lowest BCUT2D eigenvalue weighted by Gasteiger charge is -2.15. The molecule has 4 nitrogen and oxygen atoms in total. The number of nitrogen functional groups attached to an aromatic ring is 1. The lowest BCUT2D eigenvalue weighted by Crippen LogP contribution is -2.16. The number of aromatic nitrogens is 1. The summed E-state index contributed by atoms with van der Waals surface area (Å²) in [7, 11) is 0. The summed E-state index contributed by atoms with van der Waals surface area (Å²) in [5, 5.41) is 0. The van der Waals surface area contributed by atoms with Crippen LogP contribution in [0.3, 0.4) is 0 Å². The maximum Gasteiger partial charge on any atom is 0.416 e. The first-order valence-corrected chi connectivity index (χ1v) is 5.59. The van der Waals surface area contributed by atoms with E-state index < -0.39 is 11.7 Å². The predicted molar refractivity (Wildman–Crippen MR) is 62.0 cm³/mol. The van der Waals surface area contributed by atoms with Crippen LogP contribution in [-0.2, 0) is 6.18 Å². The lowest BCUT2D eigenvalue weighted by molar-refractivity contribution is -0.137. The third-order valence-electron chi connectivity index (χ3n) is 2.29. The lowest BCUT2D eigenvalue weighted by atomic mass is 10.2. The first-order chi connectivity index (χ1) is 8.36. The fourth-order valence-corrected chi connectivity index (χ4v) is 1.47. The van der Waals surface area contributed by atoms with Gasteiger partial charge in [-0.2, -0.15) is 18.2 Å². The van der Waals surface area contributed by atoms with Crippen LogP contribution >= 0.6 is 0 Å². The number of nitrogens with two attached hydrogens (primary N) is 1. The van der Waals surface area contributed by atoms with E-state index in [4.69, 9.17) is 10.6 Å². The number of hydrazine groups is 1. The minimum Gasteiger partial charge on any atom is -0.475 e. The van der Waals surface area contributed by atoms with Crippen LogP contribution in [-0.4, -0.2) is 11.1 Å². The van der Waals surface area contributed by atoms with Gasteiger partial charge in [-0.15, -0.1) is 0 Å². The molecule has 1 atom stereocenters. The van der Waals surface area contributed by atoms with Gasteiger partial charge in [-0.1, -0.05) is 13.3 Å². The monoisotopic (exact) mass is 263 g/mol. The highest BCUT2D eigenvalue weighted by atomic mass is 19.4. The predicted octanol–water partition coefficient (Wildman–Crippen LogP) is 2.95. The molecule has 0 aliphatic carbocycles. The molecule has 0 amide bonds. The molecular weight excluding hydrogens is 247 g/mol. The van der Waals surface area contributed by atoms with E-state index in [0.29, 0.717) is 0 Å². The van der Waals surface area contributed by atoms with Gasteiger partial charge in [0, 0.05) is 6.07 Å². The molecule has 1 aromatic heterocycles. The standard InChI is InChI=1S/C11H16F3N3O/c1-3-4-7(2)18-10-6-8(11(12,13)14)5-9(16-10)17-15/h5-7H,3-4,15H2,1-2H3,(H,16,17). The van der Waals surface area contributed by atoms with Crippen molar-refractivity contribution >= 4 is 5.82 Å². The minimum atomic E-state index is -4.46. The van der Waals surface area contributed by atoms with Gasteiger partial charge >= 0.3 is 6.18 Å². The summed E-state index contributed by atoms with van der Waals surface area (Å²) in [4.78, 5) is 3.83. The van der Waals surface area contributed by atoms with Crippen LogP contribution in [0.15, 0.2) is 12.1 Å². The summed E-state index contributed by atoms with van der Waals surface area (Å²) < 4.78 is 43.2. The molecule has 0 saturated carbocycles. The zero-order valence-corrected chi connectivity index (χ0v) is 10.2. The Balaban J connectivity index is 2.97. The first-order valence-electron chi connectivity index (χ1n) is 5.59. The molecule has 0 aliphatic heterocycles. The van der Waals surface area contributed by atoms with Gasteiger partial charge in [0.15, 0.2) is 0 Å². The Hall–Kier alpha value is -1.50. The average molecular weight is 263 g/mol. The SMILES string of the molecule is CCCC(C)Oc1cc(C(F)(F)F)cc(NN)n1. The molecule has 0 aromatic carbocycles. The number of halogens is 3. The van der Waals surface area contributed by atoms with Crippen molar-refractivity contribution in [3.05, 3.63) is 17.7 Å². The van der Waals surface area contributed by atoms with Gasteiger partial charge in [0.1, 0.15) is 5.82 Å². The Kier molecular flexibility index (Phi) is 4.77. The Morgan fingerprint density at radius 3 is 2.61 bits per heavy atom. The molecule has 0 spiro atoms. The van der Waals surface area contributed by atoms with E-state index in [1.165, 1.54) is 0 Å². The second-order valence-electron chi connectivity index (χ2n) is 3.94. The average Bonchev–Trinajstić information content (AvgIpc) is 2.27. The molecular formula is C11H16F3N3O. The van der Waals surface area contributed by atoms with Gasteiger partial charge in [-0.05, 0) is 19.4 Å². The molecule has 0 fully saturated rings. The highest BCUT2D eigenvalue weighted by molar-refractivity contribution is 5.41. The van der Waals surface area contributed by atoms with Crippen LogP contribution in [0.5, 0.6) is 5.88 Å². The van der Waals surface area contributed by atoms with Gasteiger partial charge in [-0.25, -0.2) is 5.84 Å². The van der Waals surface area contributed by atoms with Crippen molar-refractivity contribution < 1.29 is 17.9 Å². The third-order valence-corrected chi connectivity index (χ3v) is 2.29. The van der Waals surface area contributed by atoms with Crippen molar-refractivity contribution in [1.82, 2.24) is 4.98 Å². The molecule has 7 heteroatoms. The Morgan fingerprint density at radius 1 is 1.44 bits per heavy atom. The number of pyridine rings is 1. The van der Waals surface area contributed by atoms with Crippen LogP contribution in [0.4, 0.5) is 19.0 Å². The van der Waals surface area contributed by atoms with Gasteiger partial charge in [0.2, 0.25) is 5.88 Å². The molecule has 3 N–H and O–H groups in total. The second-order valence-corrected chi connectivity index (χ2v) is 3.94. The van der Waals surface area contributed by atoms with E-state index in [-0.39, 0.29) is 17.8 Å². The van der Waals surface area contributed by atoms with Crippen molar-refractivity contribution in [2.45, 2.75) is 39.0 Å². The zero-order valence-electron chi connectivity index (χ0n) is 10.2. The number of nitrogens with one attached hydrogen (secondary N) is 1. The van der Waals surface area contributed by atoms with Crippen LogP contribution in [0.2, 0.25) is 0 Å². The van der Waals surface area contributed by atoms with E-state index in [2.05, 4.69) is 10.4 Å². The molecule has 1 unspecified atom stereocenters. The molecule has 0 bridgehead atoms. The molecule has 102 valence electrons. The van der Waals surface area contributed by atoms with Crippen LogP contribution in [0.25, 0.3) is 0 Å². The molecule has 18 heavy (non-hydrogen) atoms. The number of hydrogen-bond acceptors (Lipinski definition) is 4. The summed E-state index contributed by atoms with van der Waals surface area (Å²) in [5.41, 5.74) is 1.25. The molecule has 1 heterocycles. The third kappa shape index (κ3) is 4.06. The zero-order chi connectivity index (χ0) is 13.8. The van der Waals surface area contributed by atoms with E-state index in [1.54, 1.807) is 6.92 Å². The second kappa shape index (κ2) is 5.90. The Bertz CT molecular complexity index is 396. The summed E-state index contributed by atoms with van der Waals surface area (Å²) in [6.45, 7) is 3.74. The highest BCUT2D eigenvalue weighted by Gasteiger charge is 2.32. The number of hydrogen-bond donors (Lipinski definition) is 2. The maximum absolute atomic E-state index is 12.6. The van der Waals surface area contributed by atoms with E-state index >= 15 is 0 Å². The van der Waals surface area contributed by atoms with Gasteiger partial charge < -0.3 is 10.2 Å². The summed E-state index contributed by atoms with van der Waals surface area (Å²) in [6.07, 6.45) is -3.04. The van der Waals surface area contributed by atoms with E-state index in [1.807, 2.05) is 6.92 Å². The summed E-state index contributed by atoms with van der Waals surface area (Å²) >= 11 is 0. The maximum atomic E-state index is 12.6. The summed E-state index contributed by atoms with van der Waals surface area (Å²) in [5.74, 6) is 4.92. The molecule has 1 rings (SSSR count). The fraction of sp³-hybridized carbons (Fsp3) is 0.545. The number of anilines is 1. The topological polar surface area (TPSA) is 60.2 Å². The Labute approximate surface area is 103 Å². The van der Waals surface area contributed by atoms with Crippen LogP contribution in [0, 0.1) is 0 Å². The first kappa shape index (κ1) is 14.6. The number of nitrogens with zero attached hydrogens (tertiary/aromatic N) is 1. The van der Waals surface area contributed by atoms with Crippen molar-refractivity contribution in [3.8, 4) is 5.88 Å².